The lowest BCUT2D eigenvalue weighted by molar-refractivity contribution is -0.130. The standard InChI is InChI=1S/C26H26N4O3/c1-2-14-33-24-10-8-20(9-11-24)25-22(19-30(28-25)23-6-4-3-5-7-23)17-21(18-27)26(31)29-12-15-32-16-13-29/h3-11,17,19H,2,12-16H2,1H3. The highest BCUT2D eigenvalue weighted by atomic mass is 16.5. The van der Waals surface area contributed by atoms with Gasteiger partial charge in [-0.2, -0.15) is 10.4 Å². The third-order valence-electron chi connectivity index (χ3n) is 5.31. The van der Waals surface area contributed by atoms with Gasteiger partial charge in [-0.15, -0.1) is 0 Å². The van der Waals surface area contributed by atoms with E-state index in [1.165, 1.54) is 0 Å². The number of nitriles is 1. The summed E-state index contributed by atoms with van der Waals surface area (Å²) in [5.41, 5.74) is 3.21. The van der Waals surface area contributed by atoms with Gasteiger partial charge < -0.3 is 14.4 Å². The van der Waals surface area contributed by atoms with E-state index in [0.717, 1.165) is 23.4 Å². The predicted octanol–water partition coefficient (Wildman–Crippen LogP) is 4.09. The van der Waals surface area contributed by atoms with Gasteiger partial charge in [-0.1, -0.05) is 25.1 Å². The molecule has 0 unspecified atom stereocenters. The Morgan fingerprint density at radius 1 is 1.15 bits per heavy atom. The molecule has 0 atom stereocenters. The number of benzene rings is 2. The molecular formula is C26H26N4O3. The van der Waals surface area contributed by atoms with E-state index in [0.29, 0.717) is 44.2 Å². The number of morpholine rings is 1. The molecule has 0 radical (unpaired) electrons. The molecule has 3 aromatic rings. The van der Waals surface area contributed by atoms with Crippen LogP contribution in [0.1, 0.15) is 18.9 Å². The Hall–Kier alpha value is -3.89. The van der Waals surface area contributed by atoms with Gasteiger partial charge in [-0.05, 0) is 48.9 Å². The van der Waals surface area contributed by atoms with Crippen molar-refractivity contribution in [3.63, 3.8) is 0 Å². The fourth-order valence-corrected chi connectivity index (χ4v) is 3.59. The molecule has 1 fully saturated rings. The molecule has 0 aliphatic carbocycles. The SMILES string of the molecule is CCCOc1ccc(-c2nn(-c3ccccc3)cc2C=C(C#N)C(=O)N2CCOCC2)cc1. The van der Waals surface area contributed by atoms with Crippen LogP contribution in [-0.4, -0.2) is 53.5 Å². The van der Waals surface area contributed by atoms with Crippen LogP contribution in [0.2, 0.25) is 0 Å². The van der Waals surface area contributed by atoms with Gasteiger partial charge in [0, 0.05) is 30.4 Å². The molecule has 1 aliphatic rings. The zero-order chi connectivity index (χ0) is 23.0. The van der Waals surface area contributed by atoms with Crippen LogP contribution in [0.3, 0.4) is 0 Å². The lowest BCUT2D eigenvalue weighted by atomic mass is 10.1. The normalized spacial score (nSPS) is 14.1. The van der Waals surface area contributed by atoms with Crippen molar-refractivity contribution < 1.29 is 14.3 Å². The first kappa shape index (κ1) is 22.3. The number of aromatic nitrogens is 2. The van der Waals surface area contributed by atoms with Crippen molar-refractivity contribution in [1.29, 1.82) is 5.26 Å². The molecule has 2 aromatic carbocycles. The minimum atomic E-state index is -0.289. The number of hydrogen-bond acceptors (Lipinski definition) is 5. The van der Waals surface area contributed by atoms with Crippen LogP contribution < -0.4 is 4.74 Å². The maximum absolute atomic E-state index is 12.9. The van der Waals surface area contributed by atoms with E-state index in [4.69, 9.17) is 14.6 Å². The van der Waals surface area contributed by atoms with Crippen molar-refractivity contribution in [3.8, 4) is 28.8 Å². The Balaban J connectivity index is 1.72. The van der Waals surface area contributed by atoms with E-state index >= 15 is 0 Å². The second-order valence-corrected chi connectivity index (χ2v) is 7.66. The number of carbonyl (C=O) groups excluding carboxylic acids is 1. The molecule has 2 heterocycles. The molecule has 0 saturated carbocycles. The number of para-hydroxylation sites is 1. The van der Waals surface area contributed by atoms with Crippen LogP contribution in [-0.2, 0) is 9.53 Å². The monoisotopic (exact) mass is 442 g/mol. The first-order chi connectivity index (χ1) is 16.2. The fraction of sp³-hybridized carbons (Fsp3) is 0.269. The number of rotatable bonds is 7. The van der Waals surface area contributed by atoms with E-state index in [1.807, 2.05) is 60.8 Å². The Bertz CT molecular complexity index is 1150. The zero-order valence-corrected chi connectivity index (χ0v) is 18.6. The van der Waals surface area contributed by atoms with Gasteiger partial charge in [0.2, 0.25) is 0 Å². The van der Waals surface area contributed by atoms with Crippen LogP contribution in [0.25, 0.3) is 23.0 Å². The fourth-order valence-electron chi connectivity index (χ4n) is 3.59. The number of hydrogen-bond donors (Lipinski definition) is 0. The van der Waals surface area contributed by atoms with E-state index in [2.05, 4.69) is 13.0 Å². The van der Waals surface area contributed by atoms with Gasteiger partial charge in [0.1, 0.15) is 17.4 Å². The Morgan fingerprint density at radius 3 is 2.55 bits per heavy atom. The van der Waals surface area contributed by atoms with Gasteiger partial charge in [0.25, 0.3) is 5.91 Å². The summed E-state index contributed by atoms with van der Waals surface area (Å²) in [6.45, 7) is 4.64. The van der Waals surface area contributed by atoms with Gasteiger partial charge in [0.05, 0.1) is 31.2 Å². The summed E-state index contributed by atoms with van der Waals surface area (Å²) in [5.74, 6) is 0.503. The molecule has 0 spiro atoms. The van der Waals surface area contributed by atoms with Crippen molar-refractivity contribution in [2.75, 3.05) is 32.9 Å². The van der Waals surface area contributed by atoms with E-state index < -0.39 is 0 Å². The highest BCUT2D eigenvalue weighted by Gasteiger charge is 2.22. The Labute approximate surface area is 193 Å². The quantitative estimate of drug-likeness (QED) is 0.407. The third-order valence-corrected chi connectivity index (χ3v) is 5.31. The van der Waals surface area contributed by atoms with Gasteiger partial charge >= 0.3 is 0 Å². The van der Waals surface area contributed by atoms with Gasteiger partial charge in [0.15, 0.2) is 0 Å². The molecule has 4 rings (SSSR count). The topological polar surface area (TPSA) is 80.4 Å². The lowest BCUT2D eigenvalue weighted by Gasteiger charge is -2.26. The molecule has 33 heavy (non-hydrogen) atoms. The van der Waals surface area contributed by atoms with E-state index in [-0.39, 0.29) is 11.5 Å². The zero-order valence-electron chi connectivity index (χ0n) is 18.6. The third kappa shape index (κ3) is 5.30. The summed E-state index contributed by atoms with van der Waals surface area (Å²) in [6, 6.07) is 19.5. The number of carbonyl (C=O) groups is 1. The van der Waals surface area contributed by atoms with Crippen LogP contribution >= 0.6 is 0 Å². The molecular weight excluding hydrogens is 416 g/mol. The summed E-state index contributed by atoms with van der Waals surface area (Å²) < 4.78 is 12.8. The summed E-state index contributed by atoms with van der Waals surface area (Å²) >= 11 is 0. The second-order valence-electron chi connectivity index (χ2n) is 7.66. The van der Waals surface area contributed by atoms with E-state index in [9.17, 15) is 10.1 Å². The second kappa shape index (κ2) is 10.6. The molecule has 1 saturated heterocycles. The molecule has 1 amide bonds. The molecule has 0 bridgehead atoms. The Morgan fingerprint density at radius 2 is 1.88 bits per heavy atom. The maximum Gasteiger partial charge on any atom is 0.264 e. The van der Waals surface area contributed by atoms with Crippen LogP contribution in [0.15, 0.2) is 66.4 Å². The van der Waals surface area contributed by atoms with Crippen molar-refractivity contribution in [2.45, 2.75) is 13.3 Å². The molecule has 1 aromatic heterocycles. The largest absolute Gasteiger partial charge is 0.494 e. The molecule has 7 nitrogen and oxygen atoms in total. The molecule has 168 valence electrons. The van der Waals surface area contributed by atoms with Crippen molar-refractivity contribution in [3.05, 3.63) is 71.9 Å². The average Bonchev–Trinajstić information content (AvgIpc) is 3.31. The Kier molecular flexibility index (Phi) is 7.18. The minimum absolute atomic E-state index is 0.0775. The summed E-state index contributed by atoms with van der Waals surface area (Å²) in [5, 5.41) is 14.5. The number of nitrogens with zero attached hydrogens (tertiary/aromatic N) is 4. The summed E-state index contributed by atoms with van der Waals surface area (Å²) in [4.78, 5) is 14.6. The van der Waals surface area contributed by atoms with Crippen molar-refractivity contribution >= 4 is 12.0 Å². The smallest absolute Gasteiger partial charge is 0.264 e. The van der Waals surface area contributed by atoms with Crippen molar-refractivity contribution in [2.24, 2.45) is 0 Å². The summed E-state index contributed by atoms with van der Waals surface area (Å²) in [6.07, 6.45) is 4.41. The van der Waals surface area contributed by atoms with Crippen LogP contribution in [0, 0.1) is 11.3 Å². The molecule has 0 N–H and O–H groups in total. The number of amides is 1. The highest BCUT2D eigenvalue weighted by molar-refractivity contribution is 6.02. The van der Waals surface area contributed by atoms with Gasteiger partial charge in [-0.25, -0.2) is 4.68 Å². The first-order valence-corrected chi connectivity index (χ1v) is 11.1. The van der Waals surface area contributed by atoms with Gasteiger partial charge in [-0.3, -0.25) is 4.79 Å². The van der Waals surface area contributed by atoms with E-state index in [1.54, 1.807) is 15.7 Å². The highest BCUT2D eigenvalue weighted by Crippen LogP contribution is 2.28. The van der Waals surface area contributed by atoms with Crippen LogP contribution in [0.5, 0.6) is 5.75 Å². The van der Waals surface area contributed by atoms with Crippen LogP contribution in [0.4, 0.5) is 0 Å². The summed E-state index contributed by atoms with van der Waals surface area (Å²) in [7, 11) is 0. The maximum atomic E-state index is 12.9. The predicted molar refractivity (Wildman–Crippen MR) is 126 cm³/mol. The molecule has 7 heteroatoms. The van der Waals surface area contributed by atoms with Crippen molar-refractivity contribution in [1.82, 2.24) is 14.7 Å². The average molecular weight is 443 g/mol. The minimum Gasteiger partial charge on any atom is -0.494 e. The molecule has 1 aliphatic heterocycles. The number of ether oxygens (including phenoxy) is 2. The lowest BCUT2D eigenvalue weighted by Crippen LogP contribution is -2.41. The first-order valence-electron chi connectivity index (χ1n) is 11.1.